The van der Waals surface area contributed by atoms with E-state index >= 15 is 0 Å². The lowest BCUT2D eigenvalue weighted by Gasteiger charge is -2.10. The molecule has 0 fully saturated rings. The lowest BCUT2D eigenvalue weighted by atomic mass is 10.3. The van der Waals surface area contributed by atoms with Gasteiger partial charge in [0.05, 0.1) is 11.7 Å². The van der Waals surface area contributed by atoms with Crippen molar-refractivity contribution in [3.8, 4) is 0 Å². The van der Waals surface area contributed by atoms with Gasteiger partial charge in [-0.05, 0) is 19.9 Å². The Morgan fingerprint density at radius 3 is 2.94 bits per heavy atom. The van der Waals surface area contributed by atoms with E-state index in [1.165, 1.54) is 0 Å². The molecule has 0 saturated carbocycles. The first-order chi connectivity index (χ1) is 7.75. The Bertz CT molecular complexity index is 441. The standard InChI is InChI=1S/C11H14N4S/c1-8(11-13-5-6-16-11)14-7-10-3-4-12-9(2)15-10/h3-6,8,14H,7H2,1-2H3. The maximum Gasteiger partial charge on any atom is 0.125 e. The maximum atomic E-state index is 4.34. The van der Waals surface area contributed by atoms with Crippen molar-refractivity contribution in [2.75, 3.05) is 0 Å². The molecule has 16 heavy (non-hydrogen) atoms. The summed E-state index contributed by atoms with van der Waals surface area (Å²) < 4.78 is 0. The molecule has 0 aliphatic rings. The first-order valence-corrected chi connectivity index (χ1v) is 6.05. The van der Waals surface area contributed by atoms with Gasteiger partial charge in [0.25, 0.3) is 0 Å². The Hall–Kier alpha value is -1.33. The fourth-order valence-corrected chi connectivity index (χ4v) is 2.07. The van der Waals surface area contributed by atoms with Gasteiger partial charge in [-0.3, -0.25) is 0 Å². The molecule has 0 spiro atoms. The lowest BCUT2D eigenvalue weighted by molar-refractivity contribution is 0.563. The number of hydrogen-bond donors (Lipinski definition) is 1. The van der Waals surface area contributed by atoms with Crippen molar-refractivity contribution in [1.29, 1.82) is 0 Å². The first kappa shape index (κ1) is 11.2. The molecule has 2 aromatic heterocycles. The highest BCUT2D eigenvalue weighted by atomic mass is 32.1. The molecule has 2 heterocycles. The van der Waals surface area contributed by atoms with Gasteiger partial charge in [-0.2, -0.15) is 0 Å². The molecule has 0 radical (unpaired) electrons. The van der Waals surface area contributed by atoms with Crippen LogP contribution in [0.1, 0.15) is 29.5 Å². The third kappa shape index (κ3) is 2.84. The summed E-state index contributed by atoms with van der Waals surface area (Å²) in [6.07, 6.45) is 3.61. The molecule has 1 unspecified atom stereocenters. The summed E-state index contributed by atoms with van der Waals surface area (Å²) in [6, 6.07) is 2.18. The normalized spacial score (nSPS) is 12.6. The summed E-state index contributed by atoms with van der Waals surface area (Å²) in [5.74, 6) is 0.807. The van der Waals surface area contributed by atoms with Crippen LogP contribution in [-0.2, 0) is 6.54 Å². The molecule has 2 aromatic rings. The summed E-state index contributed by atoms with van der Waals surface area (Å²) in [7, 11) is 0. The number of nitrogens with zero attached hydrogens (tertiary/aromatic N) is 3. The van der Waals surface area contributed by atoms with E-state index in [1.807, 2.05) is 24.6 Å². The summed E-state index contributed by atoms with van der Waals surface area (Å²) >= 11 is 1.66. The van der Waals surface area contributed by atoms with Crippen molar-refractivity contribution in [2.24, 2.45) is 0 Å². The van der Waals surface area contributed by atoms with Crippen LogP contribution in [0.5, 0.6) is 0 Å². The van der Waals surface area contributed by atoms with E-state index in [4.69, 9.17) is 0 Å². The zero-order valence-corrected chi connectivity index (χ0v) is 10.2. The second kappa shape index (κ2) is 5.14. The van der Waals surface area contributed by atoms with Crippen molar-refractivity contribution in [3.63, 3.8) is 0 Å². The van der Waals surface area contributed by atoms with Crippen LogP contribution >= 0.6 is 11.3 Å². The van der Waals surface area contributed by atoms with Crippen LogP contribution in [0.2, 0.25) is 0 Å². The summed E-state index contributed by atoms with van der Waals surface area (Å²) in [5.41, 5.74) is 1.01. The molecule has 0 aromatic carbocycles. The molecular weight excluding hydrogens is 220 g/mol. The Balaban J connectivity index is 1.92. The highest BCUT2D eigenvalue weighted by Crippen LogP contribution is 2.14. The van der Waals surface area contributed by atoms with Gasteiger partial charge in [-0.15, -0.1) is 11.3 Å². The maximum absolute atomic E-state index is 4.34. The van der Waals surface area contributed by atoms with Crippen molar-refractivity contribution in [3.05, 3.63) is 40.4 Å². The Morgan fingerprint density at radius 2 is 2.25 bits per heavy atom. The quantitative estimate of drug-likeness (QED) is 0.880. The minimum atomic E-state index is 0.260. The van der Waals surface area contributed by atoms with Crippen molar-refractivity contribution >= 4 is 11.3 Å². The van der Waals surface area contributed by atoms with E-state index in [0.717, 1.165) is 23.1 Å². The van der Waals surface area contributed by atoms with Crippen LogP contribution in [0, 0.1) is 6.92 Å². The average molecular weight is 234 g/mol. The minimum Gasteiger partial charge on any atom is -0.302 e. The SMILES string of the molecule is Cc1nccc(CNC(C)c2nccs2)n1. The van der Waals surface area contributed by atoms with Crippen LogP contribution in [0.25, 0.3) is 0 Å². The predicted molar refractivity (Wildman–Crippen MR) is 64.1 cm³/mol. The van der Waals surface area contributed by atoms with Crippen LogP contribution in [0.15, 0.2) is 23.8 Å². The van der Waals surface area contributed by atoms with Gasteiger partial charge < -0.3 is 5.32 Å². The van der Waals surface area contributed by atoms with Crippen molar-refractivity contribution in [1.82, 2.24) is 20.3 Å². The molecule has 4 nitrogen and oxygen atoms in total. The second-order valence-electron chi connectivity index (χ2n) is 3.57. The van der Waals surface area contributed by atoms with Crippen molar-refractivity contribution in [2.45, 2.75) is 26.4 Å². The fourth-order valence-electron chi connectivity index (χ4n) is 1.40. The number of rotatable bonds is 4. The number of aromatic nitrogens is 3. The molecule has 0 amide bonds. The van der Waals surface area contributed by atoms with E-state index in [0.29, 0.717) is 0 Å². The molecule has 0 saturated heterocycles. The number of hydrogen-bond acceptors (Lipinski definition) is 5. The van der Waals surface area contributed by atoms with Gasteiger partial charge in [0.15, 0.2) is 0 Å². The highest BCUT2D eigenvalue weighted by molar-refractivity contribution is 7.09. The van der Waals surface area contributed by atoms with Crippen molar-refractivity contribution < 1.29 is 0 Å². The monoisotopic (exact) mass is 234 g/mol. The third-order valence-corrected chi connectivity index (χ3v) is 3.20. The van der Waals surface area contributed by atoms with Crippen LogP contribution in [0.3, 0.4) is 0 Å². The zero-order chi connectivity index (χ0) is 11.4. The molecule has 84 valence electrons. The smallest absolute Gasteiger partial charge is 0.125 e. The van der Waals surface area contributed by atoms with Gasteiger partial charge in [-0.25, -0.2) is 15.0 Å². The summed E-state index contributed by atoms with van der Waals surface area (Å²) in [4.78, 5) is 12.7. The number of aryl methyl sites for hydroxylation is 1. The number of nitrogens with one attached hydrogen (secondary N) is 1. The molecule has 1 N–H and O–H groups in total. The van der Waals surface area contributed by atoms with Gasteiger partial charge in [0.1, 0.15) is 10.8 Å². The van der Waals surface area contributed by atoms with Gasteiger partial charge in [0, 0.05) is 24.3 Å². The van der Waals surface area contributed by atoms with E-state index in [1.54, 1.807) is 17.5 Å². The molecule has 0 aliphatic heterocycles. The van der Waals surface area contributed by atoms with E-state index in [9.17, 15) is 0 Å². The Morgan fingerprint density at radius 1 is 1.38 bits per heavy atom. The summed E-state index contributed by atoms with van der Waals surface area (Å²) in [6.45, 7) is 4.74. The average Bonchev–Trinajstić information content (AvgIpc) is 2.79. The zero-order valence-electron chi connectivity index (χ0n) is 9.34. The second-order valence-corrected chi connectivity index (χ2v) is 4.49. The van der Waals surface area contributed by atoms with E-state index in [2.05, 4.69) is 27.2 Å². The van der Waals surface area contributed by atoms with Gasteiger partial charge in [-0.1, -0.05) is 0 Å². The van der Waals surface area contributed by atoms with Gasteiger partial charge in [0.2, 0.25) is 0 Å². The molecule has 5 heteroatoms. The Labute approximate surface area is 98.8 Å². The first-order valence-electron chi connectivity index (χ1n) is 5.17. The molecule has 2 rings (SSSR count). The van der Waals surface area contributed by atoms with E-state index < -0.39 is 0 Å². The highest BCUT2D eigenvalue weighted by Gasteiger charge is 2.07. The number of thiazole rings is 1. The van der Waals surface area contributed by atoms with Crippen LogP contribution in [0.4, 0.5) is 0 Å². The topological polar surface area (TPSA) is 50.7 Å². The fraction of sp³-hybridized carbons (Fsp3) is 0.364. The third-order valence-electron chi connectivity index (χ3n) is 2.24. The van der Waals surface area contributed by atoms with E-state index in [-0.39, 0.29) is 6.04 Å². The predicted octanol–water partition coefficient (Wildman–Crippen LogP) is 2.09. The Kier molecular flexibility index (Phi) is 3.58. The van der Waals surface area contributed by atoms with Gasteiger partial charge >= 0.3 is 0 Å². The minimum absolute atomic E-state index is 0.260. The molecular formula is C11H14N4S. The van der Waals surface area contributed by atoms with Crippen LogP contribution in [-0.4, -0.2) is 15.0 Å². The van der Waals surface area contributed by atoms with Crippen LogP contribution < -0.4 is 5.32 Å². The molecule has 0 aliphatic carbocycles. The largest absolute Gasteiger partial charge is 0.302 e. The lowest BCUT2D eigenvalue weighted by Crippen LogP contribution is -2.18. The molecule has 0 bridgehead atoms. The molecule has 1 atom stereocenters. The summed E-state index contributed by atoms with van der Waals surface area (Å²) in [5, 5.41) is 6.48.